The molecule has 0 radical (unpaired) electrons. The van der Waals surface area contributed by atoms with Crippen molar-refractivity contribution in [1.82, 2.24) is 14.8 Å². The maximum atomic E-state index is 14.0. The first kappa shape index (κ1) is 17.1. The van der Waals surface area contributed by atoms with Crippen LogP contribution in [0.4, 0.5) is 4.39 Å². The summed E-state index contributed by atoms with van der Waals surface area (Å²) in [6, 6.07) is 13.3. The van der Waals surface area contributed by atoms with E-state index in [4.69, 9.17) is 4.74 Å². The summed E-state index contributed by atoms with van der Waals surface area (Å²) >= 11 is 0. The fourth-order valence-electron chi connectivity index (χ4n) is 2.41. The molecule has 25 heavy (non-hydrogen) atoms. The maximum Gasteiger partial charge on any atom is 0.267 e. The lowest BCUT2D eigenvalue weighted by atomic mass is 10.1. The lowest BCUT2D eigenvalue weighted by molar-refractivity contribution is 0.415. The monoisotopic (exact) mass is 361 g/mol. The molecule has 3 aromatic rings. The Morgan fingerprint density at radius 1 is 1.12 bits per heavy atom. The van der Waals surface area contributed by atoms with Gasteiger partial charge in [-0.15, -0.1) is 5.10 Å². The van der Waals surface area contributed by atoms with Crippen LogP contribution in [-0.4, -0.2) is 36.5 Å². The third-order valence-electron chi connectivity index (χ3n) is 3.61. The van der Waals surface area contributed by atoms with Crippen molar-refractivity contribution in [3.63, 3.8) is 0 Å². The van der Waals surface area contributed by atoms with E-state index in [1.54, 1.807) is 42.5 Å². The number of methoxy groups -OCH3 is 1. The van der Waals surface area contributed by atoms with E-state index in [2.05, 4.69) is 10.1 Å². The van der Waals surface area contributed by atoms with Gasteiger partial charge in [-0.2, -0.15) is 4.98 Å². The van der Waals surface area contributed by atoms with E-state index >= 15 is 0 Å². The van der Waals surface area contributed by atoms with Crippen LogP contribution >= 0.6 is 0 Å². The number of nitrogens with zero attached hydrogens (tertiary/aromatic N) is 3. The zero-order valence-electron chi connectivity index (χ0n) is 13.7. The van der Waals surface area contributed by atoms with Gasteiger partial charge in [0, 0.05) is 11.8 Å². The van der Waals surface area contributed by atoms with Crippen LogP contribution in [0.15, 0.2) is 53.7 Å². The molecule has 0 N–H and O–H groups in total. The highest BCUT2D eigenvalue weighted by Gasteiger charge is 2.21. The van der Waals surface area contributed by atoms with Crippen molar-refractivity contribution in [3.05, 3.63) is 59.9 Å². The summed E-state index contributed by atoms with van der Waals surface area (Å²) in [7, 11) is -2.10. The zero-order valence-corrected chi connectivity index (χ0v) is 14.5. The van der Waals surface area contributed by atoms with Crippen molar-refractivity contribution < 1.29 is 17.5 Å². The van der Waals surface area contributed by atoms with Gasteiger partial charge in [0.25, 0.3) is 5.16 Å². The molecule has 0 amide bonds. The van der Waals surface area contributed by atoms with Crippen LogP contribution in [0.25, 0.3) is 11.4 Å². The smallest absolute Gasteiger partial charge is 0.267 e. The van der Waals surface area contributed by atoms with Crippen LogP contribution in [-0.2, 0) is 16.4 Å². The van der Waals surface area contributed by atoms with Crippen molar-refractivity contribution in [2.24, 2.45) is 0 Å². The van der Waals surface area contributed by atoms with Gasteiger partial charge >= 0.3 is 0 Å². The summed E-state index contributed by atoms with van der Waals surface area (Å²) in [5, 5.41) is 3.75. The Morgan fingerprint density at radius 3 is 2.48 bits per heavy atom. The van der Waals surface area contributed by atoms with Crippen molar-refractivity contribution in [2.45, 2.75) is 11.7 Å². The second-order valence-electron chi connectivity index (χ2n) is 5.44. The number of hydrogen-bond donors (Lipinski definition) is 0. The minimum absolute atomic E-state index is 0.0442. The van der Waals surface area contributed by atoms with E-state index in [-0.39, 0.29) is 11.7 Å². The number of rotatable bonds is 5. The Labute approximate surface area is 144 Å². The average molecular weight is 361 g/mol. The van der Waals surface area contributed by atoms with Crippen LogP contribution in [0.2, 0.25) is 0 Å². The molecule has 8 heteroatoms. The molecule has 0 unspecified atom stereocenters. The lowest BCUT2D eigenvalue weighted by Crippen LogP contribution is -2.07. The van der Waals surface area contributed by atoms with Gasteiger partial charge in [-0.25, -0.2) is 17.5 Å². The van der Waals surface area contributed by atoms with E-state index in [0.29, 0.717) is 22.7 Å². The average Bonchev–Trinajstić information content (AvgIpc) is 3.01. The zero-order chi connectivity index (χ0) is 18.0. The highest BCUT2D eigenvalue weighted by molar-refractivity contribution is 7.90. The van der Waals surface area contributed by atoms with E-state index in [1.165, 1.54) is 17.9 Å². The van der Waals surface area contributed by atoms with Crippen LogP contribution < -0.4 is 4.74 Å². The molecule has 0 aliphatic rings. The molecule has 6 nitrogen and oxygen atoms in total. The number of para-hydroxylation sites is 1. The maximum absolute atomic E-state index is 14.0. The van der Waals surface area contributed by atoms with Crippen LogP contribution in [0.3, 0.4) is 0 Å². The number of ether oxygens (including phenoxy) is 1. The number of halogens is 1. The van der Waals surface area contributed by atoms with Gasteiger partial charge in [0.05, 0.1) is 19.2 Å². The molecule has 0 bridgehead atoms. The highest BCUT2D eigenvalue weighted by Crippen LogP contribution is 2.29. The molecule has 130 valence electrons. The molecular formula is C17H16FN3O3S. The third kappa shape index (κ3) is 3.53. The normalized spacial score (nSPS) is 11.5. The Hall–Kier alpha value is -2.74. The van der Waals surface area contributed by atoms with E-state index in [0.717, 1.165) is 6.26 Å². The fraction of sp³-hybridized carbons (Fsp3) is 0.176. The quantitative estimate of drug-likeness (QED) is 0.698. The second-order valence-corrected chi connectivity index (χ2v) is 7.35. The third-order valence-corrected chi connectivity index (χ3v) is 4.45. The summed E-state index contributed by atoms with van der Waals surface area (Å²) in [6.45, 7) is 0.0442. The molecule has 1 aromatic heterocycles. The lowest BCUT2D eigenvalue weighted by Gasteiger charge is -2.10. The Kier molecular flexibility index (Phi) is 4.54. The van der Waals surface area contributed by atoms with Gasteiger partial charge in [-0.3, -0.25) is 0 Å². The number of sulfone groups is 1. The van der Waals surface area contributed by atoms with E-state index in [9.17, 15) is 12.8 Å². The number of aromatic nitrogens is 3. The molecule has 0 saturated carbocycles. The first-order valence-electron chi connectivity index (χ1n) is 7.42. The van der Waals surface area contributed by atoms with Crippen molar-refractivity contribution >= 4 is 9.84 Å². The molecule has 0 aliphatic carbocycles. The topological polar surface area (TPSA) is 74.1 Å². The van der Waals surface area contributed by atoms with Crippen LogP contribution in [0, 0.1) is 5.82 Å². The van der Waals surface area contributed by atoms with Gasteiger partial charge in [-0.05, 0) is 18.2 Å². The Bertz CT molecular complexity index is 1020. The van der Waals surface area contributed by atoms with Gasteiger partial charge in [0.15, 0.2) is 5.82 Å². The fourth-order valence-corrected chi connectivity index (χ4v) is 2.90. The molecule has 0 fully saturated rings. The van der Waals surface area contributed by atoms with E-state index in [1.807, 2.05) is 0 Å². The first-order chi connectivity index (χ1) is 11.9. The van der Waals surface area contributed by atoms with Crippen molar-refractivity contribution in [3.8, 4) is 17.1 Å². The molecule has 0 atom stereocenters. The molecular weight excluding hydrogens is 345 g/mol. The van der Waals surface area contributed by atoms with Crippen molar-refractivity contribution in [2.75, 3.05) is 13.4 Å². The minimum Gasteiger partial charge on any atom is -0.496 e. The highest BCUT2D eigenvalue weighted by atomic mass is 32.2. The summed E-state index contributed by atoms with van der Waals surface area (Å²) in [6.07, 6.45) is 1.03. The first-order valence-corrected chi connectivity index (χ1v) is 9.31. The molecule has 0 saturated heterocycles. The molecule has 1 heterocycles. The predicted octanol–water partition coefficient (Wildman–Crippen LogP) is 2.54. The molecule has 2 aromatic carbocycles. The number of hydrogen-bond acceptors (Lipinski definition) is 5. The summed E-state index contributed by atoms with van der Waals surface area (Å²) < 4.78 is 44.4. The van der Waals surface area contributed by atoms with Gasteiger partial charge in [0.2, 0.25) is 9.84 Å². The minimum atomic E-state index is -3.61. The van der Waals surface area contributed by atoms with Crippen molar-refractivity contribution in [1.29, 1.82) is 0 Å². The SMILES string of the molecule is COc1ccccc1-c1nc(S(C)(=O)=O)nn1Cc1ccccc1F. The molecule has 0 aliphatic heterocycles. The van der Waals surface area contributed by atoms with Gasteiger partial charge < -0.3 is 4.74 Å². The molecule has 3 rings (SSSR count). The van der Waals surface area contributed by atoms with E-state index < -0.39 is 15.7 Å². The Morgan fingerprint density at radius 2 is 1.80 bits per heavy atom. The standard InChI is InChI=1S/C17H16FN3O3S/c1-24-15-10-6-4-8-13(15)16-19-17(25(2,22)23)20-21(16)11-12-7-3-5-9-14(12)18/h3-10H,11H2,1-2H3. The summed E-state index contributed by atoms with van der Waals surface area (Å²) in [5.41, 5.74) is 0.951. The van der Waals surface area contributed by atoms with Gasteiger partial charge in [-0.1, -0.05) is 30.3 Å². The largest absolute Gasteiger partial charge is 0.496 e. The Balaban J connectivity index is 2.17. The van der Waals surface area contributed by atoms with Crippen LogP contribution in [0.1, 0.15) is 5.56 Å². The predicted molar refractivity (Wildman–Crippen MR) is 90.6 cm³/mol. The van der Waals surface area contributed by atoms with Crippen LogP contribution in [0.5, 0.6) is 5.75 Å². The number of benzene rings is 2. The van der Waals surface area contributed by atoms with Gasteiger partial charge in [0.1, 0.15) is 11.6 Å². The summed E-state index contributed by atoms with van der Waals surface area (Å²) in [5.74, 6) is 0.413. The summed E-state index contributed by atoms with van der Waals surface area (Å²) in [4.78, 5) is 4.15. The second kappa shape index (κ2) is 6.64. The molecule has 0 spiro atoms.